The quantitative estimate of drug-likeness (QED) is 0.743. The fraction of sp³-hybridized carbons (Fsp3) is 0.250. The standard InChI is InChI=1S/C8H7ClN2O2S/c1-2-13-7(12)5-6(9)11-3-4-14-8(11)10-5/h3-4H,2H2,1H3. The Hall–Kier alpha value is -1.07. The fourth-order valence-electron chi connectivity index (χ4n) is 1.09. The molecule has 0 spiro atoms. The van der Waals surface area contributed by atoms with Gasteiger partial charge in [0.15, 0.2) is 10.7 Å². The molecule has 74 valence electrons. The molecule has 0 atom stereocenters. The minimum Gasteiger partial charge on any atom is -0.461 e. The highest BCUT2D eigenvalue weighted by Gasteiger charge is 2.18. The van der Waals surface area contributed by atoms with Crippen LogP contribution >= 0.6 is 22.9 Å². The predicted molar refractivity (Wildman–Crippen MR) is 54.0 cm³/mol. The van der Waals surface area contributed by atoms with Crippen molar-refractivity contribution in [1.29, 1.82) is 0 Å². The minimum absolute atomic E-state index is 0.181. The summed E-state index contributed by atoms with van der Waals surface area (Å²) in [4.78, 5) is 16.1. The van der Waals surface area contributed by atoms with E-state index in [0.29, 0.717) is 16.7 Å². The molecule has 0 aromatic carbocycles. The van der Waals surface area contributed by atoms with E-state index in [1.165, 1.54) is 11.3 Å². The molecule has 0 N–H and O–H groups in total. The minimum atomic E-state index is -0.478. The first-order chi connectivity index (χ1) is 6.74. The third-order valence-corrected chi connectivity index (χ3v) is 2.79. The molecule has 0 saturated carbocycles. The van der Waals surface area contributed by atoms with Gasteiger partial charge in [0.25, 0.3) is 0 Å². The number of thiazole rings is 1. The van der Waals surface area contributed by atoms with Gasteiger partial charge in [-0.05, 0) is 6.92 Å². The van der Waals surface area contributed by atoms with Gasteiger partial charge in [-0.1, -0.05) is 11.6 Å². The molecule has 2 aromatic heterocycles. The van der Waals surface area contributed by atoms with Crippen LogP contribution in [0.5, 0.6) is 0 Å². The summed E-state index contributed by atoms with van der Waals surface area (Å²) in [6.45, 7) is 2.06. The summed E-state index contributed by atoms with van der Waals surface area (Å²) in [5, 5.41) is 2.16. The maximum Gasteiger partial charge on any atom is 0.360 e. The lowest BCUT2D eigenvalue weighted by Gasteiger charge is -1.97. The SMILES string of the molecule is CCOC(=O)c1nc2sccn2c1Cl. The van der Waals surface area contributed by atoms with Gasteiger partial charge in [-0.2, -0.15) is 0 Å². The Morgan fingerprint density at radius 1 is 1.79 bits per heavy atom. The number of aromatic nitrogens is 2. The lowest BCUT2D eigenvalue weighted by molar-refractivity contribution is 0.0520. The van der Waals surface area contributed by atoms with Crippen LogP contribution in [0.15, 0.2) is 11.6 Å². The van der Waals surface area contributed by atoms with Crippen LogP contribution in [0.3, 0.4) is 0 Å². The van der Waals surface area contributed by atoms with Crippen molar-refractivity contribution in [2.45, 2.75) is 6.92 Å². The van der Waals surface area contributed by atoms with Crippen LogP contribution in [-0.2, 0) is 4.74 Å². The molecule has 0 fully saturated rings. The van der Waals surface area contributed by atoms with Crippen molar-refractivity contribution in [3.63, 3.8) is 0 Å². The average molecular weight is 231 g/mol. The van der Waals surface area contributed by atoms with Crippen molar-refractivity contribution in [2.75, 3.05) is 6.61 Å². The summed E-state index contributed by atoms with van der Waals surface area (Å²) in [5.74, 6) is -0.478. The summed E-state index contributed by atoms with van der Waals surface area (Å²) in [6.07, 6.45) is 1.76. The summed E-state index contributed by atoms with van der Waals surface area (Å²) >= 11 is 7.35. The molecule has 6 heteroatoms. The van der Waals surface area contributed by atoms with E-state index in [1.807, 2.05) is 5.38 Å². The number of carbonyl (C=O) groups excluding carboxylic acids is 1. The third-order valence-electron chi connectivity index (χ3n) is 1.67. The monoisotopic (exact) mass is 230 g/mol. The zero-order chi connectivity index (χ0) is 10.1. The van der Waals surface area contributed by atoms with Gasteiger partial charge in [0.1, 0.15) is 5.15 Å². The number of nitrogens with zero attached hydrogens (tertiary/aromatic N) is 2. The van der Waals surface area contributed by atoms with Gasteiger partial charge < -0.3 is 4.74 Å². The molecular weight excluding hydrogens is 224 g/mol. The van der Waals surface area contributed by atoms with Gasteiger partial charge in [0.2, 0.25) is 0 Å². The van der Waals surface area contributed by atoms with Crippen molar-refractivity contribution in [1.82, 2.24) is 9.38 Å². The molecule has 0 radical (unpaired) electrons. The van der Waals surface area contributed by atoms with Crippen LogP contribution in [0.25, 0.3) is 4.96 Å². The Morgan fingerprint density at radius 2 is 2.57 bits per heavy atom. The fourth-order valence-corrected chi connectivity index (χ4v) is 2.11. The number of fused-ring (bicyclic) bond motifs is 1. The number of hydrogen-bond acceptors (Lipinski definition) is 4. The summed E-state index contributed by atoms with van der Waals surface area (Å²) < 4.78 is 6.46. The first-order valence-electron chi connectivity index (χ1n) is 4.02. The van der Waals surface area contributed by atoms with Crippen LogP contribution in [0.2, 0.25) is 5.15 Å². The number of carbonyl (C=O) groups is 1. The zero-order valence-electron chi connectivity index (χ0n) is 7.36. The van der Waals surface area contributed by atoms with Gasteiger partial charge >= 0.3 is 5.97 Å². The van der Waals surface area contributed by atoms with Crippen molar-refractivity contribution in [3.05, 3.63) is 22.4 Å². The lowest BCUT2D eigenvalue weighted by Crippen LogP contribution is -2.05. The maximum atomic E-state index is 11.4. The number of ether oxygens (including phenoxy) is 1. The van der Waals surface area contributed by atoms with E-state index in [9.17, 15) is 4.79 Å². The van der Waals surface area contributed by atoms with Crippen molar-refractivity contribution in [3.8, 4) is 0 Å². The molecule has 0 aliphatic heterocycles. The highest BCUT2D eigenvalue weighted by molar-refractivity contribution is 7.15. The number of esters is 1. The van der Waals surface area contributed by atoms with Crippen molar-refractivity contribution < 1.29 is 9.53 Å². The summed E-state index contributed by atoms with van der Waals surface area (Å²) in [6, 6.07) is 0. The summed E-state index contributed by atoms with van der Waals surface area (Å²) in [7, 11) is 0. The molecule has 0 aliphatic carbocycles. The second-order valence-corrected chi connectivity index (χ2v) is 3.76. The Balaban J connectivity index is 2.47. The highest BCUT2D eigenvalue weighted by atomic mass is 35.5. The number of halogens is 1. The van der Waals surface area contributed by atoms with Crippen LogP contribution in [0, 0.1) is 0 Å². The van der Waals surface area contributed by atoms with Crippen LogP contribution < -0.4 is 0 Å². The van der Waals surface area contributed by atoms with Crippen LogP contribution in [0.4, 0.5) is 0 Å². The lowest BCUT2D eigenvalue weighted by atomic mass is 10.5. The van der Waals surface area contributed by atoms with Gasteiger partial charge in [-0.3, -0.25) is 4.40 Å². The Bertz CT molecular complexity index is 477. The molecule has 2 rings (SSSR count). The van der Waals surface area contributed by atoms with Gasteiger partial charge in [-0.25, -0.2) is 9.78 Å². The maximum absolute atomic E-state index is 11.4. The van der Waals surface area contributed by atoms with Crippen molar-refractivity contribution in [2.24, 2.45) is 0 Å². The average Bonchev–Trinajstić information content (AvgIpc) is 2.69. The molecule has 0 saturated heterocycles. The van der Waals surface area contributed by atoms with E-state index in [4.69, 9.17) is 16.3 Å². The Labute approximate surface area is 89.1 Å². The topological polar surface area (TPSA) is 43.6 Å². The Kier molecular flexibility index (Phi) is 2.43. The molecule has 0 bridgehead atoms. The van der Waals surface area contributed by atoms with Crippen LogP contribution in [0.1, 0.15) is 17.4 Å². The Morgan fingerprint density at radius 3 is 3.21 bits per heavy atom. The van der Waals surface area contributed by atoms with Gasteiger partial charge in [-0.15, -0.1) is 11.3 Å². The van der Waals surface area contributed by atoms with E-state index < -0.39 is 5.97 Å². The smallest absolute Gasteiger partial charge is 0.360 e. The second-order valence-electron chi connectivity index (χ2n) is 2.53. The highest BCUT2D eigenvalue weighted by Crippen LogP contribution is 2.22. The number of rotatable bonds is 2. The molecule has 0 unspecified atom stereocenters. The molecule has 4 nitrogen and oxygen atoms in total. The molecular formula is C8H7ClN2O2S. The zero-order valence-corrected chi connectivity index (χ0v) is 8.93. The molecule has 0 amide bonds. The first kappa shape index (κ1) is 9.48. The number of hydrogen-bond donors (Lipinski definition) is 0. The van der Waals surface area contributed by atoms with E-state index in [0.717, 1.165) is 0 Å². The van der Waals surface area contributed by atoms with Crippen LogP contribution in [-0.4, -0.2) is 22.0 Å². The van der Waals surface area contributed by atoms with E-state index >= 15 is 0 Å². The second kappa shape index (κ2) is 3.59. The third kappa shape index (κ3) is 1.38. The predicted octanol–water partition coefficient (Wildman–Crippen LogP) is 2.23. The summed E-state index contributed by atoms with van der Waals surface area (Å²) in [5.41, 5.74) is 0.181. The normalized spacial score (nSPS) is 10.7. The number of imidazole rings is 1. The first-order valence-corrected chi connectivity index (χ1v) is 5.28. The molecule has 14 heavy (non-hydrogen) atoms. The van der Waals surface area contributed by atoms with E-state index in [1.54, 1.807) is 17.5 Å². The van der Waals surface area contributed by atoms with E-state index in [-0.39, 0.29) is 5.69 Å². The molecule has 2 aromatic rings. The van der Waals surface area contributed by atoms with E-state index in [2.05, 4.69) is 4.98 Å². The molecule has 2 heterocycles. The van der Waals surface area contributed by atoms with Gasteiger partial charge in [0, 0.05) is 11.6 Å². The van der Waals surface area contributed by atoms with Gasteiger partial charge in [0.05, 0.1) is 6.61 Å². The molecule has 0 aliphatic rings. The largest absolute Gasteiger partial charge is 0.461 e. The van der Waals surface area contributed by atoms with Crippen molar-refractivity contribution >= 4 is 33.9 Å².